The van der Waals surface area contributed by atoms with Crippen LogP contribution in [-0.4, -0.2) is 36.8 Å². The van der Waals surface area contributed by atoms with Crippen molar-refractivity contribution in [3.8, 4) is 0 Å². The molecule has 0 radical (unpaired) electrons. The Balaban J connectivity index is 1.67. The van der Waals surface area contributed by atoms with Crippen molar-refractivity contribution in [2.24, 2.45) is 7.05 Å². The van der Waals surface area contributed by atoms with Gasteiger partial charge in [0, 0.05) is 26.2 Å². The molecule has 3 rings (SSSR count). The maximum atomic E-state index is 12.2. The van der Waals surface area contributed by atoms with E-state index in [0.29, 0.717) is 29.4 Å². The van der Waals surface area contributed by atoms with Gasteiger partial charge in [0.15, 0.2) is 5.65 Å². The van der Waals surface area contributed by atoms with Crippen LogP contribution < -0.4 is 5.32 Å². The Kier molecular flexibility index (Phi) is 3.81. The Morgan fingerprint density at radius 3 is 2.91 bits per heavy atom. The summed E-state index contributed by atoms with van der Waals surface area (Å²) < 4.78 is 3.38. The van der Waals surface area contributed by atoms with Crippen LogP contribution in [0, 0.1) is 6.92 Å². The Morgan fingerprint density at radius 2 is 2.18 bits per heavy atom. The van der Waals surface area contributed by atoms with Gasteiger partial charge >= 0.3 is 0 Å². The standard InChI is InChI=1S/C14H15ClN6O/c1-9-12(13(15)20(2)19-9)14(22)16-7-6-11-18-17-10-5-3-4-8-21(10)11/h3-5,8H,6-7H2,1-2H3,(H,16,22). The van der Waals surface area contributed by atoms with Gasteiger partial charge in [-0.05, 0) is 19.1 Å². The maximum absolute atomic E-state index is 12.2. The van der Waals surface area contributed by atoms with E-state index in [0.717, 1.165) is 11.5 Å². The molecule has 0 aliphatic rings. The second-order valence-electron chi connectivity index (χ2n) is 4.93. The number of nitrogens with one attached hydrogen (secondary N) is 1. The van der Waals surface area contributed by atoms with Gasteiger partial charge in [-0.2, -0.15) is 5.10 Å². The van der Waals surface area contributed by atoms with Crippen molar-refractivity contribution in [2.45, 2.75) is 13.3 Å². The van der Waals surface area contributed by atoms with E-state index in [1.54, 1.807) is 14.0 Å². The molecular weight excluding hydrogens is 304 g/mol. The molecule has 3 aromatic heterocycles. The van der Waals surface area contributed by atoms with Crippen molar-refractivity contribution in [3.63, 3.8) is 0 Å². The zero-order valence-corrected chi connectivity index (χ0v) is 13.0. The molecule has 0 fully saturated rings. The zero-order valence-electron chi connectivity index (χ0n) is 12.2. The van der Waals surface area contributed by atoms with Crippen LogP contribution >= 0.6 is 11.6 Å². The number of fused-ring (bicyclic) bond motifs is 1. The fourth-order valence-corrected chi connectivity index (χ4v) is 2.59. The van der Waals surface area contributed by atoms with E-state index in [-0.39, 0.29) is 5.91 Å². The summed E-state index contributed by atoms with van der Waals surface area (Å²) in [4.78, 5) is 12.2. The summed E-state index contributed by atoms with van der Waals surface area (Å²) in [6, 6.07) is 5.70. The molecule has 3 heterocycles. The lowest BCUT2D eigenvalue weighted by molar-refractivity contribution is 0.0953. The van der Waals surface area contributed by atoms with Crippen molar-refractivity contribution in [3.05, 3.63) is 46.6 Å². The number of hydrogen-bond donors (Lipinski definition) is 1. The van der Waals surface area contributed by atoms with Gasteiger partial charge in [-0.1, -0.05) is 17.7 Å². The molecule has 0 aliphatic heterocycles. The van der Waals surface area contributed by atoms with E-state index < -0.39 is 0 Å². The van der Waals surface area contributed by atoms with Crippen LogP contribution in [-0.2, 0) is 13.5 Å². The maximum Gasteiger partial charge on any atom is 0.256 e. The molecule has 0 aromatic carbocycles. The Morgan fingerprint density at radius 1 is 1.36 bits per heavy atom. The first-order chi connectivity index (χ1) is 10.6. The quantitative estimate of drug-likeness (QED) is 0.788. The van der Waals surface area contributed by atoms with Gasteiger partial charge in [0.05, 0.1) is 11.3 Å². The number of carbonyl (C=O) groups is 1. The van der Waals surface area contributed by atoms with Gasteiger partial charge in [-0.25, -0.2) is 0 Å². The summed E-state index contributed by atoms with van der Waals surface area (Å²) >= 11 is 6.08. The van der Waals surface area contributed by atoms with Gasteiger partial charge in [-0.15, -0.1) is 10.2 Å². The minimum absolute atomic E-state index is 0.232. The van der Waals surface area contributed by atoms with Gasteiger partial charge in [0.1, 0.15) is 11.0 Å². The lowest BCUT2D eigenvalue weighted by Gasteiger charge is -2.04. The number of amides is 1. The van der Waals surface area contributed by atoms with Crippen LogP contribution in [0.4, 0.5) is 0 Å². The molecule has 8 heteroatoms. The molecule has 1 N–H and O–H groups in total. The van der Waals surface area contributed by atoms with Crippen LogP contribution in [0.1, 0.15) is 21.9 Å². The van der Waals surface area contributed by atoms with E-state index in [1.807, 2.05) is 28.8 Å². The predicted molar refractivity (Wildman–Crippen MR) is 82.0 cm³/mol. The predicted octanol–water partition coefficient (Wildman–Crippen LogP) is 1.40. The third kappa shape index (κ3) is 2.55. The first-order valence-corrected chi connectivity index (χ1v) is 7.21. The third-order valence-corrected chi connectivity index (χ3v) is 3.83. The molecule has 0 spiro atoms. The van der Waals surface area contributed by atoms with Crippen molar-refractivity contribution in [2.75, 3.05) is 6.54 Å². The van der Waals surface area contributed by atoms with Crippen molar-refractivity contribution < 1.29 is 4.79 Å². The topological polar surface area (TPSA) is 77.1 Å². The highest BCUT2D eigenvalue weighted by atomic mass is 35.5. The minimum Gasteiger partial charge on any atom is -0.351 e. The average molecular weight is 319 g/mol. The lowest BCUT2D eigenvalue weighted by Crippen LogP contribution is -2.26. The summed E-state index contributed by atoms with van der Waals surface area (Å²) in [5.74, 6) is 0.564. The fraction of sp³-hybridized carbons (Fsp3) is 0.286. The molecule has 1 amide bonds. The molecule has 0 atom stereocenters. The monoisotopic (exact) mass is 318 g/mol. The van der Waals surface area contributed by atoms with Crippen LogP contribution in [0.15, 0.2) is 24.4 Å². The Hall–Kier alpha value is -2.41. The Bertz CT molecular complexity index is 837. The third-order valence-electron chi connectivity index (χ3n) is 3.40. The van der Waals surface area contributed by atoms with Crippen molar-refractivity contribution >= 4 is 23.2 Å². The Labute approximate surface area is 131 Å². The molecule has 0 saturated carbocycles. The van der Waals surface area contributed by atoms with E-state index in [1.165, 1.54) is 4.68 Å². The molecule has 3 aromatic rings. The molecule has 0 aliphatic carbocycles. The lowest BCUT2D eigenvalue weighted by atomic mass is 10.2. The normalized spacial score (nSPS) is 11.0. The molecule has 0 saturated heterocycles. The number of rotatable bonds is 4. The summed E-state index contributed by atoms with van der Waals surface area (Å²) in [5, 5.41) is 15.5. The molecule has 22 heavy (non-hydrogen) atoms. The van der Waals surface area contributed by atoms with E-state index in [2.05, 4.69) is 20.6 Å². The molecule has 0 bridgehead atoms. The second-order valence-corrected chi connectivity index (χ2v) is 5.28. The fourth-order valence-electron chi connectivity index (χ4n) is 2.33. The first kappa shape index (κ1) is 14.5. The highest BCUT2D eigenvalue weighted by molar-refractivity contribution is 6.33. The number of nitrogens with zero attached hydrogens (tertiary/aromatic N) is 5. The summed E-state index contributed by atoms with van der Waals surface area (Å²) in [5.41, 5.74) is 1.81. The minimum atomic E-state index is -0.232. The molecular formula is C14H15ClN6O. The zero-order chi connectivity index (χ0) is 15.7. The smallest absolute Gasteiger partial charge is 0.256 e. The van der Waals surface area contributed by atoms with Gasteiger partial charge in [0.25, 0.3) is 5.91 Å². The van der Waals surface area contributed by atoms with Gasteiger partial charge in [-0.3, -0.25) is 13.9 Å². The van der Waals surface area contributed by atoms with Gasteiger partial charge < -0.3 is 5.32 Å². The van der Waals surface area contributed by atoms with Crippen LogP contribution in [0.2, 0.25) is 5.15 Å². The molecule has 7 nitrogen and oxygen atoms in total. The highest BCUT2D eigenvalue weighted by Gasteiger charge is 2.18. The number of hydrogen-bond acceptors (Lipinski definition) is 4. The van der Waals surface area contributed by atoms with Gasteiger partial charge in [0.2, 0.25) is 0 Å². The van der Waals surface area contributed by atoms with Crippen molar-refractivity contribution in [1.29, 1.82) is 0 Å². The van der Waals surface area contributed by atoms with Crippen LogP contribution in [0.3, 0.4) is 0 Å². The number of carbonyl (C=O) groups excluding carboxylic acids is 1. The second kappa shape index (κ2) is 5.76. The summed E-state index contributed by atoms with van der Waals surface area (Å²) in [6.45, 7) is 2.20. The van der Waals surface area contributed by atoms with E-state index in [9.17, 15) is 4.79 Å². The number of aryl methyl sites for hydroxylation is 2. The average Bonchev–Trinajstić information content (AvgIpc) is 3.01. The van der Waals surface area contributed by atoms with E-state index >= 15 is 0 Å². The molecule has 0 unspecified atom stereocenters. The number of aromatic nitrogens is 5. The number of pyridine rings is 1. The van der Waals surface area contributed by atoms with Crippen LogP contribution in [0.25, 0.3) is 5.65 Å². The summed E-state index contributed by atoms with van der Waals surface area (Å²) in [7, 11) is 1.70. The number of halogens is 1. The SMILES string of the molecule is Cc1nn(C)c(Cl)c1C(=O)NCCc1nnc2ccccn12. The van der Waals surface area contributed by atoms with Crippen molar-refractivity contribution in [1.82, 2.24) is 29.7 Å². The summed E-state index contributed by atoms with van der Waals surface area (Å²) in [6.07, 6.45) is 2.47. The first-order valence-electron chi connectivity index (χ1n) is 6.84. The largest absolute Gasteiger partial charge is 0.351 e. The highest BCUT2D eigenvalue weighted by Crippen LogP contribution is 2.18. The van der Waals surface area contributed by atoms with Crippen LogP contribution in [0.5, 0.6) is 0 Å². The molecule has 114 valence electrons. The van der Waals surface area contributed by atoms with E-state index in [4.69, 9.17) is 11.6 Å².